The van der Waals surface area contributed by atoms with Gasteiger partial charge in [-0.05, 0) is 6.07 Å². The Hall–Kier alpha value is -3.07. The molecule has 0 radical (unpaired) electrons. The van der Waals surface area contributed by atoms with Crippen LogP contribution in [0.25, 0.3) is 10.9 Å². The van der Waals surface area contributed by atoms with Gasteiger partial charge in [-0.3, -0.25) is 4.98 Å². The first-order valence-electron chi connectivity index (χ1n) is 6.20. The van der Waals surface area contributed by atoms with Gasteiger partial charge in [0.05, 0.1) is 25.3 Å². The smallest absolute Gasteiger partial charge is 0.299 e. The van der Waals surface area contributed by atoms with Gasteiger partial charge in [0.25, 0.3) is 6.29 Å². The first-order valence-corrected chi connectivity index (χ1v) is 6.20. The Balaban J connectivity index is 2.20. The minimum absolute atomic E-state index is 0.246. The molecule has 1 aromatic carbocycles. The van der Waals surface area contributed by atoms with Gasteiger partial charge >= 0.3 is 0 Å². The van der Waals surface area contributed by atoms with E-state index in [4.69, 9.17) is 24.4 Å². The highest BCUT2D eigenvalue weighted by Crippen LogP contribution is 2.39. The van der Waals surface area contributed by atoms with Gasteiger partial charge in [0, 0.05) is 17.6 Å². The molecular formula is C14H10N4O4. The molecule has 0 N–H and O–H groups in total. The van der Waals surface area contributed by atoms with E-state index in [0.29, 0.717) is 28.1 Å². The molecule has 1 aromatic heterocycles. The molecule has 22 heavy (non-hydrogen) atoms. The van der Waals surface area contributed by atoms with Crippen molar-refractivity contribution in [3.8, 4) is 23.6 Å². The molecule has 110 valence electrons. The van der Waals surface area contributed by atoms with Gasteiger partial charge in [0.15, 0.2) is 11.5 Å². The number of hydrogen-bond acceptors (Lipinski definition) is 8. The van der Waals surface area contributed by atoms with Gasteiger partial charge in [-0.1, -0.05) is 0 Å². The summed E-state index contributed by atoms with van der Waals surface area (Å²) in [5, 5.41) is 19.6. The predicted molar refractivity (Wildman–Crippen MR) is 73.6 cm³/mol. The second-order valence-corrected chi connectivity index (χ2v) is 4.29. The number of fused-ring (bicyclic) bond motifs is 1. The van der Waals surface area contributed by atoms with E-state index >= 15 is 0 Å². The number of pyridine rings is 1. The number of anilines is 1. The molecule has 1 fully saturated rings. The highest BCUT2D eigenvalue weighted by molar-refractivity contribution is 5.95. The maximum Gasteiger partial charge on any atom is 0.299 e. The average Bonchev–Trinajstić information content (AvgIpc) is 2.52. The van der Waals surface area contributed by atoms with E-state index in [0.717, 1.165) is 5.23 Å². The van der Waals surface area contributed by atoms with Crippen molar-refractivity contribution >= 4 is 16.6 Å². The van der Waals surface area contributed by atoms with Crippen LogP contribution in [0, 0.1) is 22.7 Å². The van der Waals surface area contributed by atoms with Crippen LogP contribution in [-0.2, 0) is 9.68 Å². The third kappa shape index (κ3) is 2.04. The number of aromatic nitrogens is 1. The maximum absolute atomic E-state index is 9.25. The summed E-state index contributed by atoms with van der Waals surface area (Å²) < 4.78 is 10.5. The number of benzene rings is 1. The van der Waals surface area contributed by atoms with Crippen molar-refractivity contribution in [2.24, 2.45) is 0 Å². The first kappa shape index (κ1) is 13.9. The Labute approximate surface area is 125 Å². The van der Waals surface area contributed by atoms with Crippen LogP contribution in [0.1, 0.15) is 5.56 Å². The van der Waals surface area contributed by atoms with E-state index in [2.05, 4.69) is 4.98 Å². The molecule has 0 unspecified atom stereocenters. The van der Waals surface area contributed by atoms with Crippen LogP contribution in [0.2, 0.25) is 0 Å². The lowest BCUT2D eigenvalue weighted by molar-refractivity contribution is -0.319. The van der Waals surface area contributed by atoms with Crippen molar-refractivity contribution in [1.82, 2.24) is 4.98 Å². The molecule has 1 saturated heterocycles. The van der Waals surface area contributed by atoms with Crippen molar-refractivity contribution in [2.75, 3.05) is 19.4 Å². The summed E-state index contributed by atoms with van der Waals surface area (Å²) in [5.74, 6) is 0.990. The number of rotatable bonds is 3. The summed E-state index contributed by atoms with van der Waals surface area (Å²) in [4.78, 5) is 14.5. The fraction of sp³-hybridized carbons (Fsp3) is 0.214. The van der Waals surface area contributed by atoms with E-state index in [1.54, 1.807) is 18.2 Å². The summed E-state index contributed by atoms with van der Waals surface area (Å²) >= 11 is 0. The van der Waals surface area contributed by atoms with Gasteiger partial charge in [-0.25, -0.2) is 0 Å². The lowest BCUT2D eigenvalue weighted by atomic mass is 10.1. The molecule has 0 atom stereocenters. The van der Waals surface area contributed by atoms with Crippen LogP contribution in [0.4, 0.5) is 5.69 Å². The monoisotopic (exact) mass is 298 g/mol. The number of ether oxygens (including phenoxy) is 2. The van der Waals surface area contributed by atoms with Gasteiger partial charge in [0.2, 0.25) is 0 Å². The lowest BCUT2D eigenvalue weighted by Gasteiger charge is -2.34. The molecule has 0 aliphatic carbocycles. The van der Waals surface area contributed by atoms with Crippen molar-refractivity contribution in [3.63, 3.8) is 0 Å². The molecular weight excluding hydrogens is 288 g/mol. The zero-order valence-electron chi connectivity index (χ0n) is 11.7. The zero-order valence-corrected chi connectivity index (χ0v) is 11.7. The first-order chi connectivity index (χ1) is 10.7. The minimum Gasteiger partial charge on any atom is -0.493 e. The Morgan fingerprint density at radius 3 is 2.45 bits per heavy atom. The van der Waals surface area contributed by atoms with E-state index in [-0.39, 0.29) is 5.56 Å². The third-order valence-electron chi connectivity index (χ3n) is 3.14. The summed E-state index contributed by atoms with van der Waals surface area (Å²) in [5.41, 5.74) is 1.18. The van der Waals surface area contributed by atoms with E-state index in [1.165, 1.54) is 20.4 Å². The summed E-state index contributed by atoms with van der Waals surface area (Å²) in [6.07, 6.45) is 0.408. The van der Waals surface area contributed by atoms with Gasteiger partial charge in [-0.2, -0.15) is 20.2 Å². The Morgan fingerprint density at radius 1 is 1.18 bits per heavy atom. The van der Waals surface area contributed by atoms with Gasteiger partial charge < -0.3 is 9.47 Å². The van der Waals surface area contributed by atoms with Crippen LogP contribution < -0.4 is 14.7 Å². The molecule has 8 nitrogen and oxygen atoms in total. The Kier molecular flexibility index (Phi) is 3.39. The molecule has 8 heteroatoms. The second kappa shape index (κ2) is 5.37. The highest BCUT2D eigenvalue weighted by atomic mass is 17.1. The molecule has 2 aromatic rings. The van der Waals surface area contributed by atoms with Crippen LogP contribution >= 0.6 is 0 Å². The van der Waals surface area contributed by atoms with Gasteiger partial charge in [0.1, 0.15) is 17.8 Å². The average molecular weight is 298 g/mol. The molecule has 0 saturated carbocycles. The Bertz CT molecular complexity index is 818. The molecule has 0 bridgehead atoms. The highest BCUT2D eigenvalue weighted by Gasteiger charge is 2.34. The normalized spacial score (nSPS) is 14.1. The zero-order chi connectivity index (χ0) is 15.7. The van der Waals surface area contributed by atoms with Crippen molar-refractivity contribution in [1.29, 1.82) is 10.5 Å². The number of nitriles is 2. The molecule has 0 spiro atoms. The summed E-state index contributed by atoms with van der Waals surface area (Å²) in [6, 6.07) is 7.17. The number of methoxy groups -OCH3 is 2. The topological polar surface area (TPSA) is 101 Å². The number of hydrogen-bond donors (Lipinski definition) is 0. The molecule has 3 rings (SSSR count). The fourth-order valence-electron chi connectivity index (χ4n) is 2.12. The largest absolute Gasteiger partial charge is 0.493 e. The van der Waals surface area contributed by atoms with E-state index in [9.17, 15) is 5.26 Å². The van der Waals surface area contributed by atoms with Crippen LogP contribution in [0.15, 0.2) is 18.3 Å². The Morgan fingerprint density at radius 2 is 1.86 bits per heavy atom. The van der Waals surface area contributed by atoms with Crippen LogP contribution in [0.5, 0.6) is 11.5 Å². The lowest BCUT2D eigenvalue weighted by Crippen LogP contribution is -2.45. The third-order valence-corrected chi connectivity index (χ3v) is 3.14. The summed E-state index contributed by atoms with van der Waals surface area (Å²) in [7, 11) is 3.03. The molecule has 1 aliphatic heterocycles. The van der Waals surface area contributed by atoms with Crippen LogP contribution in [-0.4, -0.2) is 25.5 Å². The standard InChI is InChI=1S/C14H10N4O4/c1-19-11-3-9-10(4-12(11)20-2)17-7-8(5-15)14(9)18-21-13(6-16)22-18/h3-4,7,13H,1-2H3. The summed E-state index contributed by atoms with van der Waals surface area (Å²) in [6.45, 7) is 0. The fourth-order valence-corrected chi connectivity index (χ4v) is 2.12. The predicted octanol–water partition coefficient (Wildman–Crippen LogP) is 1.66. The van der Waals surface area contributed by atoms with E-state index in [1.807, 2.05) is 6.07 Å². The second-order valence-electron chi connectivity index (χ2n) is 4.29. The number of nitrogens with zero attached hydrogens (tertiary/aromatic N) is 4. The minimum atomic E-state index is -0.991. The van der Waals surface area contributed by atoms with E-state index < -0.39 is 6.29 Å². The van der Waals surface area contributed by atoms with Crippen molar-refractivity contribution in [3.05, 3.63) is 23.9 Å². The van der Waals surface area contributed by atoms with Gasteiger partial charge in [-0.15, -0.1) is 5.23 Å². The SMILES string of the molecule is COc1cc2ncc(C#N)c(N3OC(C#N)O3)c2cc1OC. The quantitative estimate of drug-likeness (QED) is 0.843. The molecule has 0 amide bonds. The molecule has 2 heterocycles. The van der Waals surface area contributed by atoms with Crippen molar-refractivity contribution < 1.29 is 19.1 Å². The maximum atomic E-state index is 9.25. The molecule has 1 aliphatic rings. The van der Waals surface area contributed by atoms with Crippen molar-refractivity contribution in [2.45, 2.75) is 6.29 Å². The van der Waals surface area contributed by atoms with Crippen LogP contribution in [0.3, 0.4) is 0 Å².